The summed E-state index contributed by atoms with van der Waals surface area (Å²) in [7, 11) is 1.72. The Morgan fingerprint density at radius 2 is 2.23 bits per heavy atom. The van der Waals surface area contributed by atoms with Gasteiger partial charge in [0.05, 0.1) is 19.3 Å². The van der Waals surface area contributed by atoms with Gasteiger partial charge in [0.25, 0.3) is 0 Å². The minimum Gasteiger partial charge on any atom is -0.480 e. The van der Waals surface area contributed by atoms with Gasteiger partial charge in [-0.05, 0) is 37.1 Å². The van der Waals surface area contributed by atoms with E-state index in [2.05, 4.69) is 0 Å². The van der Waals surface area contributed by atoms with Crippen LogP contribution < -0.4 is 0 Å². The van der Waals surface area contributed by atoms with Gasteiger partial charge in [-0.1, -0.05) is 19.1 Å². The summed E-state index contributed by atoms with van der Waals surface area (Å²) in [6.07, 6.45) is 0.864. The maximum Gasteiger partial charge on any atom is 0.317 e. The molecule has 0 radical (unpaired) electrons. The number of aliphatic carboxylic acids is 1. The molecule has 7 heteroatoms. The van der Waals surface area contributed by atoms with E-state index < -0.39 is 5.97 Å². The van der Waals surface area contributed by atoms with Gasteiger partial charge in [-0.2, -0.15) is 0 Å². The fraction of sp³-hybridized carbons (Fsp3) is 0.579. The largest absolute Gasteiger partial charge is 0.480 e. The molecule has 1 amide bonds. The topological polar surface area (TPSA) is 70.1 Å². The summed E-state index contributed by atoms with van der Waals surface area (Å²) < 4.78 is 18.9. The first kappa shape index (κ1) is 20.3. The van der Waals surface area contributed by atoms with Crippen molar-refractivity contribution in [2.45, 2.75) is 25.9 Å². The smallest absolute Gasteiger partial charge is 0.317 e. The zero-order valence-electron chi connectivity index (χ0n) is 15.4. The zero-order chi connectivity index (χ0) is 19.1. The third-order valence-corrected chi connectivity index (χ3v) is 4.41. The number of morpholine rings is 1. The first-order valence-corrected chi connectivity index (χ1v) is 8.87. The van der Waals surface area contributed by atoms with Gasteiger partial charge in [0.15, 0.2) is 0 Å². The maximum atomic E-state index is 13.3. The van der Waals surface area contributed by atoms with E-state index in [1.807, 2.05) is 13.0 Å². The predicted molar refractivity (Wildman–Crippen MR) is 95.3 cm³/mol. The van der Waals surface area contributed by atoms with Crippen LogP contribution in [0.2, 0.25) is 0 Å². The summed E-state index contributed by atoms with van der Waals surface area (Å²) in [6, 6.07) is 6.46. The average molecular weight is 366 g/mol. The molecule has 2 rings (SSSR count). The number of ether oxygens (including phenoxy) is 1. The minimum absolute atomic E-state index is 0.0571. The van der Waals surface area contributed by atoms with E-state index in [1.54, 1.807) is 22.9 Å². The number of carbonyl (C=O) groups is 2. The molecule has 0 saturated carbocycles. The van der Waals surface area contributed by atoms with Crippen molar-refractivity contribution in [3.8, 4) is 0 Å². The first-order valence-electron chi connectivity index (χ1n) is 8.87. The van der Waals surface area contributed by atoms with Crippen LogP contribution in [0, 0.1) is 11.7 Å². The zero-order valence-corrected chi connectivity index (χ0v) is 15.4. The Bertz CT molecular complexity index is 625. The maximum absolute atomic E-state index is 13.3. The summed E-state index contributed by atoms with van der Waals surface area (Å²) in [5.74, 6) is -0.978. The SMILES string of the molecule is CC(CC(=O)N1CCOC(CN(C)CC(=O)O)C1)Cc1cccc(F)c1. The number of carboxylic acids is 1. The lowest BCUT2D eigenvalue weighted by molar-refractivity contribution is -0.142. The number of likely N-dealkylation sites (N-methyl/N-ethyl adjacent to an activating group) is 1. The lowest BCUT2D eigenvalue weighted by Gasteiger charge is -2.35. The summed E-state index contributed by atoms with van der Waals surface area (Å²) in [5.41, 5.74) is 0.889. The molecule has 1 N–H and O–H groups in total. The van der Waals surface area contributed by atoms with Crippen LogP contribution in [-0.2, 0) is 20.7 Å². The van der Waals surface area contributed by atoms with Crippen molar-refractivity contribution in [1.82, 2.24) is 9.80 Å². The van der Waals surface area contributed by atoms with E-state index in [9.17, 15) is 14.0 Å². The summed E-state index contributed by atoms with van der Waals surface area (Å²) in [5, 5.41) is 8.82. The number of carbonyl (C=O) groups excluding carboxylic acids is 1. The van der Waals surface area contributed by atoms with Gasteiger partial charge >= 0.3 is 5.97 Å². The van der Waals surface area contributed by atoms with Gasteiger partial charge in [-0.15, -0.1) is 0 Å². The molecule has 0 aliphatic carbocycles. The highest BCUT2D eigenvalue weighted by Gasteiger charge is 2.26. The van der Waals surface area contributed by atoms with Crippen LogP contribution in [-0.4, -0.2) is 72.7 Å². The summed E-state index contributed by atoms with van der Waals surface area (Å²) >= 11 is 0. The second-order valence-electron chi connectivity index (χ2n) is 7.07. The molecule has 1 saturated heterocycles. The van der Waals surface area contributed by atoms with Crippen molar-refractivity contribution < 1.29 is 23.8 Å². The molecule has 1 fully saturated rings. The number of nitrogens with zero attached hydrogens (tertiary/aromatic N) is 2. The standard InChI is InChI=1S/C19H27FN2O4/c1-14(8-15-4-3-5-16(20)10-15)9-18(23)22-6-7-26-17(12-22)11-21(2)13-19(24)25/h3-5,10,14,17H,6-9,11-13H2,1-2H3,(H,24,25). The third-order valence-electron chi connectivity index (χ3n) is 4.41. The molecule has 1 aromatic rings. The highest BCUT2D eigenvalue weighted by atomic mass is 19.1. The minimum atomic E-state index is -0.887. The molecule has 2 unspecified atom stereocenters. The number of carboxylic acid groups (broad SMARTS) is 1. The molecular weight excluding hydrogens is 339 g/mol. The van der Waals surface area contributed by atoms with Crippen molar-refractivity contribution >= 4 is 11.9 Å². The van der Waals surface area contributed by atoms with E-state index in [-0.39, 0.29) is 30.3 Å². The monoisotopic (exact) mass is 366 g/mol. The van der Waals surface area contributed by atoms with E-state index in [0.29, 0.717) is 39.1 Å². The highest BCUT2D eigenvalue weighted by Crippen LogP contribution is 2.16. The van der Waals surface area contributed by atoms with Gasteiger partial charge in [0.2, 0.25) is 5.91 Å². The van der Waals surface area contributed by atoms with E-state index >= 15 is 0 Å². The Kier molecular flexibility index (Phi) is 7.53. The summed E-state index contributed by atoms with van der Waals surface area (Å²) in [6.45, 7) is 3.87. The highest BCUT2D eigenvalue weighted by molar-refractivity contribution is 5.76. The Labute approximate surface area is 153 Å². The lowest BCUT2D eigenvalue weighted by atomic mass is 9.97. The Morgan fingerprint density at radius 3 is 2.92 bits per heavy atom. The Morgan fingerprint density at radius 1 is 1.46 bits per heavy atom. The van der Waals surface area contributed by atoms with Crippen molar-refractivity contribution in [3.63, 3.8) is 0 Å². The fourth-order valence-corrected chi connectivity index (χ4v) is 3.27. The predicted octanol–water partition coefficient (Wildman–Crippen LogP) is 1.64. The van der Waals surface area contributed by atoms with Crippen LogP contribution in [0.15, 0.2) is 24.3 Å². The third kappa shape index (κ3) is 6.72. The number of halogens is 1. The van der Waals surface area contributed by atoms with Gasteiger partial charge in [0, 0.05) is 26.1 Å². The molecule has 26 heavy (non-hydrogen) atoms. The Hall–Kier alpha value is -1.99. The van der Waals surface area contributed by atoms with Crippen LogP contribution in [0.1, 0.15) is 18.9 Å². The molecule has 0 bridgehead atoms. The van der Waals surface area contributed by atoms with Crippen molar-refractivity contribution in [3.05, 3.63) is 35.6 Å². The van der Waals surface area contributed by atoms with Crippen molar-refractivity contribution in [2.75, 3.05) is 39.8 Å². The van der Waals surface area contributed by atoms with Crippen molar-refractivity contribution in [1.29, 1.82) is 0 Å². The van der Waals surface area contributed by atoms with Crippen LogP contribution in [0.4, 0.5) is 4.39 Å². The first-order chi connectivity index (χ1) is 12.3. The van der Waals surface area contributed by atoms with E-state index in [0.717, 1.165) is 5.56 Å². The van der Waals surface area contributed by atoms with E-state index in [4.69, 9.17) is 9.84 Å². The summed E-state index contributed by atoms with van der Waals surface area (Å²) in [4.78, 5) is 26.8. The number of rotatable bonds is 8. The van der Waals surface area contributed by atoms with Gasteiger partial charge < -0.3 is 14.7 Å². The van der Waals surface area contributed by atoms with Crippen LogP contribution in [0.3, 0.4) is 0 Å². The molecule has 0 spiro atoms. The van der Waals surface area contributed by atoms with E-state index in [1.165, 1.54) is 12.1 Å². The van der Waals surface area contributed by atoms with Gasteiger partial charge in [0.1, 0.15) is 5.82 Å². The molecule has 2 atom stereocenters. The normalized spacial score (nSPS) is 18.8. The fourth-order valence-electron chi connectivity index (χ4n) is 3.27. The molecular formula is C19H27FN2O4. The Balaban J connectivity index is 1.81. The van der Waals surface area contributed by atoms with Crippen LogP contribution >= 0.6 is 0 Å². The van der Waals surface area contributed by atoms with Gasteiger partial charge in [-0.3, -0.25) is 14.5 Å². The molecule has 1 aromatic carbocycles. The van der Waals surface area contributed by atoms with Gasteiger partial charge in [-0.25, -0.2) is 4.39 Å². The van der Waals surface area contributed by atoms with Crippen LogP contribution in [0.25, 0.3) is 0 Å². The number of amides is 1. The molecule has 1 aliphatic rings. The average Bonchev–Trinajstić information content (AvgIpc) is 2.54. The second-order valence-corrected chi connectivity index (χ2v) is 7.07. The second kappa shape index (κ2) is 9.64. The molecule has 1 heterocycles. The van der Waals surface area contributed by atoms with Crippen LogP contribution in [0.5, 0.6) is 0 Å². The molecule has 0 aromatic heterocycles. The number of hydrogen-bond acceptors (Lipinski definition) is 4. The number of hydrogen-bond donors (Lipinski definition) is 1. The molecule has 144 valence electrons. The lowest BCUT2D eigenvalue weighted by Crippen LogP contribution is -2.49. The molecule has 1 aliphatic heterocycles. The van der Waals surface area contributed by atoms with Crippen molar-refractivity contribution in [2.24, 2.45) is 5.92 Å². The quantitative estimate of drug-likeness (QED) is 0.757. The molecule has 6 nitrogen and oxygen atoms in total. The number of benzene rings is 1.